The number of carbonyl (C=O) groups excluding carboxylic acids is 2. The normalized spacial score (nSPS) is 15.4. The smallest absolute Gasteiger partial charge is 0.270 e. The molecule has 2 heterocycles. The van der Waals surface area contributed by atoms with Crippen LogP contribution in [0.5, 0.6) is 0 Å². The van der Waals surface area contributed by atoms with Gasteiger partial charge in [0.25, 0.3) is 11.8 Å². The summed E-state index contributed by atoms with van der Waals surface area (Å²) in [6.45, 7) is 7.74. The SMILES string of the molecule is Cc1cccc(N2C(=O)/C(=C\c3cc(C)n(-c4ccc(Cl)c(Cl)c4)c3C)C(=O)NC2=S)c1C. The Kier molecular flexibility index (Phi) is 6.18. The number of rotatable bonds is 3. The number of anilines is 1. The molecule has 1 aliphatic heterocycles. The summed E-state index contributed by atoms with van der Waals surface area (Å²) in [6, 6.07) is 12.9. The standard InChI is InChI=1S/C25H21Cl2N3O2S/c1-13-6-5-7-22(15(13)3)30-24(32)19(23(31)28-25(30)33)11-17-10-14(2)29(16(17)4)18-8-9-20(26)21(27)12-18/h5-12H,1-4H3,(H,28,31,33)/b19-11-. The van der Waals surface area contributed by atoms with Gasteiger partial charge in [0.15, 0.2) is 5.11 Å². The highest BCUT2D eigenvalue weighted by molar-refractivity contribution is 7.80. The number of benzene rings is 2. The largest absolute Gasteiger partial charge is 0.318 e. The van der Waals surface area contributed by atoms with E-state index in [9.17, 15) is 9.59 Å². The predicted molar refractivity (Wildman–Crippen MR) is 137 cm³/mol. The first-order valence-corrected chi connectivity index (χ1v) is 11.4. The number of aromatic nitrogens is 1. The minimum absolute atomic E-state index is 0.0129. The Bertz CT molecular complexity index is 1370. The van der Waals surface area contributed by atoms with E-state index in [0.717, 1.165) is 33.8 Å². The fourth-order valence-corrected chi connectivity index (χ4v) is 4.53. The minimum atomic E-state index is -0.522. The first-order valence-electron chi connectivity index (χ1n) is 10.2. The molecule has 2 aromatic carbocycles. The first-order chi connectivity index (χ1) is 15.6. The Labute approximate surface area is 207 Å². The van der Waals surface area contributed by atoms with E-state index in [2.05, 4.69) is 5.32 Å². The van der Waals surface area contributed by atoms with Crippen LogP contribution in [0.15, 0.2) is 48.0 Å². The van der Waals surface area contributed by atoms with Gasteiger partial charge in [0.2, 0.25) is 0 Å². The lowest BCUT2D eigenvalue weighted by Crippen LogP contribution is -2.54. The summed E-state index contributed by atoms with van der Waals surface area (Å²) in [5, 5.41) is 3.63. The van der Waals surface area contributed by atoms with E-state index in [4.69, 9.17) is 35.4 Å². The van der Waals surface area contributed by atoms with E-state index in [1.165, 1.54) is 4.90 Å². The summed E-state index contributed by atoms with van der Waals surface area (Å²) in [6.07, 6.45) is 1.61. The third kappa shape index (κ3) is 4.10. The molecular weight excluding hydrogens is 477 g/mol. The lowest BCUT2D eigenvalue weighted by atomic mass is 10.0. The van der Waals surface area contributed by atoms with Gasteiger partial charge in [-0.05, 0) is 93.0 Å². The molecule has 3 aromatic rings. The van der Waals surface area contributed by atoms with Crippen molar-refractivity contribution in [3.8, 4) is 5.69 Å². The first kappa shape index (κ1) is 23.2. The molecule has 1 aromatic heterocycles. The van der Waals surface area contributed by atoms with E-state index in [-0.39, 0.29) is 10.7 Å². The topological polar surface area (TPSA) is 54.3 Å². The lowest BCUT2D eigenvalue weighted by molar-refractivity contribution is -0.122. The van der Waals surface area contributed by atoms with Crippen LogP contribution in [0.2, 0.25) is 10.0 Å². The number of nitrogens with zero attached hydrogens (tertiary/aromatic N) is 2. The van der Waals surface area contributed by atoms with Crippen LogP contribution in [0, 0.1) is 27.7 Å². The molecule has 0 radical (unpaired) electrons. The van der Waals surface area contributed by atoms with Crippen molar-refractivity contribution in [3.05, 3.63) is 86.2 Å². The van der Waals surface area contributed by atoms with Crippen molar-refractivity contribution >= 4 is 64.1 Å². The molecular formula is C25H21Cl2N3O2S. The van der Waals surface area contributed by atoms with Crippen molar-refractivity contribution in [2.24, 2.45) is 0 Å². The molecule has 0 unspecified atom stereocenters. The molecule has 0 spiro atoms. The van der Waals surface area contributed by atoms with Gasteiger partial charge in [0.05, 0.1) is 15.7 Å². The van der Waals surface area contributed by atoms with Crippen LogP contribution in [-0.2, 0) is 9.59 Å². The highest BCUT2D eigenvalue weighted by atomic mass is 35.5. The number of hydrogen-bond acceptors (Lipinski definition) is 3. The van der Waals surface area contributed by atoms with E-state index in [1.807, 2.05) is 62.6 Å². The van der Waals surface area contributed by atoms with E-state index in [1.54, 1.807) is 18.2 Å². The van der Waals surface area contributed by atoms with Crippen LogP contribution in [-0.4, -0.2) is 21.5 Å². The van der Waals surface area contributed by atoms with Crippen LogP contribution in [0.4, 0.5) is 5.69 Å². The second kappa shape index (κ2) is 8.78. The zero-order valence-corrected chi connectivity index (χ0v) is 20.8. The van der Waals surface area contributed by atoms with Crippen LogP contribution in [0.1, 0.15) is 28.1 Å². The van der Waals surface area contributed by atoms with Crippen LogP contribution < -0.4 is 10.2 Å². The van der Waals surface area contributed by atoms with Crippen LogP contribution >= 0.6 is 35.4 Å². The Hall–Kier alpha value is -2.93. The molecule has 1 fully saturated rings. The van der Waals surface area contributed by atoms with Gasteiger partial charge in [-0.15, -0.1) is 0 Å². The zero-order chi connectivity index (χ0) is 24.0. The summed E-state index contributed by atoms with van der Waals surface area (Å²) in [4.78, 5) is 27.6. The molecule has 4 rings (SSSR count). The van der Waals surface area contributed by atoms with Crippen LogP contribution in [0.25, 0.3) is 11.8 Å². The average Bonchev–Trinajstić information content (AvgIpc) is 3.03. The molecule has 1 aliphatic rings. The zero-order valence-electron chi connectivity index (χ0n) is 18.5. The van der Waals surface area contributed by atoms with Crippen molar-refractivity contribution < 1.29 is 9.59 Å². The molecule has 1 saturated heterocycles. The number of carbonyl (C=O) groups is 2. The lowest BCUT2D eigenvalue weighted by Gasteiger charge is -2.30. The van der Waals surface area contributed by atoms with Gasteiger partial charge in [-0.3, -0.25) is 19.8 Å². The molecule has 0 aliphatic carbocycles. The van der Waals surface area contributed by atoms with Crippen LogP contribution in [0.3, 0.4) is 0 Å². The van der Waals surface area contributed by atoms with Gasteiger partial charge in [-0.25, -0.2) is 0 Å². The highest BCUT2D eigenvalue weighted by Crippen LogP contribution is 2.30. The van der Waals surface area contributed by atoms with Gasteiger partial charge in [0, 0.05) is 17.1 Å². The molecule has 0 bridgehead atoms. The van der Waals surface area contributed by atoms with Gasteiger partial charge in [0.1, 0.15) is 5.57 Å². The van der Waals surface area contributed by atoms with Crippen molar-refractivity contribution in [1.82, 2.24) is 9.88 Å². The molecule has 0 saturated carbocycles. The Balaban J connectivity index is 1.79. The number of aryl methyl sites for hydroxylation is 2. The maximum atomic E-state index is 13.4. The van der Waals surface area contributed by atoms with Crippen molar-refractivity contribution in [3.63, 3.8) is 0 Å². The Morgan fingerprint density at radius 2 is 1.70 bits per heavy atom. The quantitative estimate of drug-likeness (QED) is 0.280. The third-order valence-corrected chi connectivity index (χ3v) is 6.87. The molecule has 1 N–H and O–H groups in total. The Morgan fingerprint density at radius 3 is 2.39 bits per heavy atom. The molecule has 33 heavy (non-hydrogen) atoms. The fourth-order valence-electron chi connectivity index (χ4n) is 3.96. The summed E-state index contributed by atoms with van der Waals surface area (Å²) in [5.41, 5.74) is 5.95. The monoisotopic (exact) mass is 497 g/mol. The molecule has 2 amide bonds. The van der Waals surface area contributed by atoms with E-state index in [0.29, 0.717) is 15.7 Å². The van der Waals surface area contributed by atoms with Gasteiger partial charge >= 0.3 is 0 Å². The maximum Gasteiger partial charge on any atom is 0.270 e. The molecule has 8 heteroatoms. The molecule has 0 atom stereocenters. The van der Waals surface area contributed by atoms with E-state index >= 15 is 0 Å². The van der Waals surface area contributed by atoms with Gasteiger partial charge in [-0.2, -0.15) is 0 Å². The number of nitrogens with one attached hydrogen (secondary N) is 1. The highest BCUT2D eigenvalue weighted by Gasteiger charge is 2.35. The Morgan fingerprint density at radius 1 is 0.970 bits per heavy atom. The van der Waals surface area contributed by atoms with E-state index < -0.39 is 11.8 Å². The second-order valence-electron chi connectivity index (χ2n) is 7.94. The van der Waals surface area contributed by atoms with Gasteiger partial charge < -0.3 is 4.57 Å². The van der Waals surface area contributed by atoms with Gasteiger partial charge in [-0.1, -0.05) is 35.3 Å². The van der Waals surface area contributed by atoms with Crippen molar-refractivity contribution in [2.75, 3.05) is 4.90 Å². The molecule has 5 nitrogen and oxygen atoms in total. The predicted octanol–water partition coefficient (Wildman–Crippen LogP) is 5.85. The number of amides is 2. The fraction of sp³-hybridized carbons (Fsp3) is 0.160. The summed E-state index contributed by atoms with van der Waals surface area (Å²) < 4.78 is 1.99. The second-order valence-corrected chi connectivity index (χ2v) is 9.14. The summed E-state index contributed by atoms with van der Waals surface area (Å²) >= 11 is 17.6. The minimum Gasteiger partial charge on any atom is -0.318 e. The molecule has 168 valence electrons. The maximum absolute atomic E-state index is 13.4. The third-order valence-electron chi connectivity index (χ3n) is 5.85. The van der Waals surface area contributed by atoms with Crippen molar-refractivity contribution in [1.29, 1.82) is 0 Å². The number of halogens is 2. The number of hydrogen-bond donors (Lipinski definition) is 1. The summed E-state index contributed by atoms with van der Waals surface area (Å²) in [5.74, 6) is -0.984. The average molecular weight is 498 g/mol. The summed E-state index contributed by atoms with van der Waals surface area (Å²) in [7, 11) is 0. The van der Waals surface area contributed by atoms with Crippen molar-refractivity contribution in [2.45, 2.75) is 27.7 Å². The number of thiocarbonyl (C=S) groups is 1.